The lowest BCUT2D eigenvalue weighted by molar-refractivity contribution is -0.113. The number of benzene rings is 1. The van der Waals surface area contributed by atoms with Gasteiger partial charge in [-0.15, -0.1) is 27.8 Å². The molecule has 0 aliphatic heterocycles. The Morgan fingerprint density at radius 3 is 2.69 bits per heavy atom. The summed E-state index contributed by atoms with van der Waals surface area (Å²) in [6, 6.07) is 8.24. The van der Waals surface area contributed by atoms with Crippen LogP contribution in [0.15, 0.2) is 40.2 Å². The van der Waals surface area contributed by atoms with Gasteiger partial charge in [0.25, 0.3) is 0 Å². The van der Waals surface area contributed by atoms with Gasteiger partial charge < -0.3 is 5.32 Å². The minimum Gasteiger partial charge on any atom is -0.301 e. The molecule has 0 aliphatic rings. The van der Waals surface area contributed by atoms with E-state index in [4.69, 9.17) is 0 Å². The Morgan fingerprint density at radius 1 is 1.17 bits per heavy atom. The molecule has 0 bridgehead atoms. The highest BCUT2D eigenvalue weighted by Crippen LogP contribution is 2.31. The van der Waals surface area contributed by atoms with Crippen molar-refractivity contribution in [3.05, 3.63) is 51.7 Å². The van der Waals surface area contributed by atoms with E-state index in [2.05, 4.69) is 58.4 Å². The predicted octanol–water partition coefficient (Wildman–Crippen LogP) is 5.31. The maximum Gasteiger partial charge on any atom is 0.236 e. The third kappa shape index (κ3) is 4.58. The van der Waals surface area contributed by atoms with E-state index >= 15 is 0 Å². The molecule has 6 nitrogen and oxygen atoms in total. The normalized spacial score (nSPS) is 11.0. The predicted molar refractivity (Wildman–Crippen MR) is 121 cm³/mol. The molecular weight excluding hydrogens is 422 g/mol. The Bertz CT molecular complexity index is 1120. The van der Waals surface area contributed by atoms with Crippen molar-refractivity contribution in [1.29, 1.82) is 0 Å². The molecule has 0 atom stereocenters. The van der Waals surface area contributed by atoms with Gasteiger partial charge in [-0.1, -0.05) is 35.5 Å². The molecule has 1 amide bonds. The largest absolute Gasteiger partial charge is 0.301 e. The first-order chi connectivity index (χ1) is 14.0. The van der Waals surface area contributed by atoms with Crippen LogP contribution < -0.4 is 5.32 Å². The third-order valence-corrected chi connectivity index (χ3v) is 6.72. The van der Waals surface area contributed by atoms with Gasteiger partial charge in [-0.3, -0.25) is 9.89 Å². The summed E-state index contributed by atoms with van der Waals surface area (Å²) in [5, 5.41) is 15.1. The van der Waals surface area contributed by atoms with E-state index < -0.39 is 0 Å². The summed E-state index contributed by atoms with van der Waals surface area (Å²) >= 11 is 4.31. The van der Waals surface area contributed by atoms with E-state index in [9.17, 15) is 4.79 Å². The summed E-state index contributed by atoms with van der Waals surface area (Å²) in [4.78, 5) is 22.4. The molecule has 0 radical (unpaired) electrons. The number of thiophene rings is 1. The molecule has 0 fully saturated rings. The summed E-state index contributed by atoms with van der Waals surface area (Å²) in [5.41, 5.74) is 5.63. The lowest BCUT2D eigenvalue weighted by Crippen LogP contribution is -2.13. The van der Waals surface area contributed by atoms with Crippen molar-refractivity contribution in [2.24, 2.45) is 0 Å². The minimum atomic E-state index is -0.129. The summed E-state index contributed by atoms with van der Waals surface area (Å²) in [6.45, 7) is 6.27. The van der Waals surface area contributed by atoms with Gasteiger partial charge in [0.2, 0.25) is 11.1 Å². The highest BCUT2D eigenvalue weighted by molar-refractivity contribution is 7.99. The number of hydrogen-bond donors (Lipinski definition) is 2. The van der Waals surface area contributed by atoms with Crippen LogP contribution in [0.5, 0.6) is 0 Å². The summed E-state index contributed by atoms with van der Waals surface area (Å²) in [7, 11) is 0. The number of nitrogens with one attached hydrogen (secondary N) is 2. The average molecular weight is 442 g/mol. The number of aromatic amines is 1. The van der Waals surface area contributed by atoms with Crippen LogP contribution in [0.2, 0.25) is 0 Å². The molecule has 2 N–H and O–H groups in total. The minimum absolute atomic E-state index is 0.129. The Hall–Kier alpha value is -2.49. The van der Waals surface area contributed by atoms with Gasteiger partial charge in [0, 0.05) is 10.9 Å². The zero-order valence-electron chi connectivity index (χ0n) is 16.1. The quantitative estimate of drug-likeness (QED) is 0.396. The second kappa shape index (κ2) is 8.48. The van der Waals surface area contributed by atoms with Gasteiger partial charge in [-0.25, -0.2) is 9.97 Å². The number of thioether (sulfide) groups is 1. The van der Waals surface area contributed by atoms with E-state index in [1.54, 1.807) is 11.3 Å². The van der Waals surface area contributed by atoms with E-state index in [1.165, 1.54) is 39.8 Å². The van der Waals surface area contributed by atoms with Crippen molar-refractivity contribution >= 4 is 45.5 Å². The second-order valence-electron chi connectivity index (χ2n) is 6.59. The fourth-order valence-corrected chi connectivity index (χ4v) is 5.13. The summed E-state index contributed by atoms with van der Waals surface area (Å²) in [5.74, 6) is 0.811. The molecule has 3 heterocycles. The van der Waals surface area contributed by atoms with Crippen molar-refractivity contribution in [2.45, 2.75) is 25.9 Å². The topological polar surface area (TPSA) is 83.6 Å². The Labute approximate surface area is 180 Å². The molecule has 148 valence electrons. The first-order valence-electron chi connectivity index (χ1n) is 8.92. The van der Waals surface area contributed by atoms with Gasteiger partial charge in [0.15, 0.2) is 11.0 Å². The average Bonchev–Trinajstić information content (AvgIpc) is 3.41. The smallest absolute Gasteiger partial charge is 0.236 e. The second-order valence-corrected chi connectivity index (χ2v) is 9.34. The summed E-state index contributed by atoms with van der Waals surface area (Å²) < 4.78 is 0. The zero-order valence-corrected chi connectivity index (χ0v) is 18.6. The Balaban J connectivity index is 1.37. The molecular formula is C20H19N5OS3. The zero-order chi connectivity index (χ0) is 20.4. The van der Waals surface area contributed by atoms with Crippen molar-refractivity contribution < 1.29 is 4.79 Å². The first kappa shape index (κ1) is 19.8. The number of thiazole rings is 1. The molecule has 9 heteroatoms. The van der Waals surface area contributed by atoms with Crippen molar-refractivity contribution in [2.75, 3.05) is 11.1 Å². The van der Waals surface area contributed by atoms with Crippen LogP contribution in [-0.2, 0) is 4.79 Å². The van der Waals surface area contributed by atoms with Gasteiger partial charge in [0.1, 0.15) is 0 Å². The number of rotatable bonds is 6. The molecule has 0 saturated carbocycles. The number of H-pyrrole nitrogens is 1. The fraction of sp³-hybridized carbons (Fsp3) is 0.200. The maximum absolute atomic E-state index is 12.3. The number of carbonyl (C=O) groups is 1. The maximum atomic E-state index is 12.3. The van der Waals surface area contributed by atoms with Gasteiger partial charge >= 0.3 is 0 Å². The summed E-state index contributed by atoms with van der Waals surface area (Å²) in [6.07, 6.45) is 0. The molecule has 29 heavy (non-hydrogen) atoms. The van der Waals surface area contributed by atoms with E-state index in [1.807, 2.05) is 22.9 Å². The van der Waals surface area contributed by atoms with E-state index in [0.717, 1.165) is 22.0 Å². The number of amides is 1. The number of carbonyl (C=O) groups excluding carboxylic acids is 1. The van der Waals surface area contributed by atoms with Gasteiger partial charge in [-0.2, -0.15) is 0 Å². The third-order valence-electron chi connectivity index (χ3n) is 4.24. The lowest BCUT2D eigenvalue weighted by atomic mass is 9.98. The molecule has 4 aromatic rings. The van der Waals surface area contributed by atoms with Crippen LogP contribution in [-0.4, -0.2) is 31.8 Å². The van der Waals surface area contributed by atoms with Crippen LogP contribution >= 0.6 is 34.4 Å². The van der Waals surface area contributed by atoms with Gasteiger partial charge in [-0.05, 0) is 43.3 Å². The van der Waals surface area contributed by atoms with Gasteiger partial charge in [0.05, 0.1) is 16.3 Å². The molecule has 4 rings (SSSR count). The fourth-order valence-electron chi connectivity index (χ4n) is 3.15. The molecule has 0 aliphatic carbocycles. The number of aromatic nitrogens is 4. The van der Waals surface area contributed by atoms with Crippen molar-refractivity contribution in [1.82, 2.24) is 20.2 Å². The van der Waals surface area contributed by atoms with Crippen molar-refractivity contribution in [3.8, 4) is 22.0 Å². The highest BCUT2D eigenvalue weighted by atomic mass is 32.2. The number of hydrogen-bond acceptors (Lipinski definition) is 7. The van der Waals surface area contributed by atoms with Crippen LogP contribution in [0.1, 0.15) is 16.7 Å². The van der Waals surface area contributed by atoms with Crippen molar-refractivity contribution in [3.63, 3.8) is 0 Å². The Kier molecular flexibility index (Phi) is 5.79. The molecule has 1 aromatic carbocycles. The van der Waals surface area contributed by atoms with Crippen LogP contribution in [0.4, 0.5) is 5.13 Å². The van der Waals surface area contributed by atoms with E-state index in [-0.39, 0.29) is 11.7 Å². The van der Waals surface area contributed by atoms with Crippen LogP contribution in [0.3, 0.4) is 0 Å². The monoisotopic (exact) mass is 441 g/mol. The molecule has 0 unspecified atom stereocenters. The number of anilines is 1. The first-order valence-corrected chi connectivity index (χ1v) is 11.7. The molecule has 0 spiro atoms. The molecule has 0 saturated heterocycles. The SMILES string of the molecule is Cc1cc(C)c(-c2csc(NC(=O)CSc3n[nH]c(-c4cccs4)n3)n2)c(C)c1. The lowest BCUT2D eigenvalue weighted by Gasteiger charge is -2.08. The molecule has 3 aromatic heterocycles. The van der Waals surface area contributed by atoms with E-state index in [0.29, 0.717) is 10.3 Å². The van der Waals surface area contributed by atoms with Crippen LogP contribution in [0, 0.1) is 20.8 Å². The number of aryl methyl sites for hydroxylation is 3. The Morgan fingerprint density at radius 2 is 1.97 bits per heavy atom. The van der Waals surface area contributed by atoms with Crippen LogP contribution in [0.25, 0.3) is 22.0 Å². The number of nitrogens with zero attached hydrogens (tertiary/aromatic N) is 3. The standard InChI is InChI=1S/C20H19N5OS3/c1-11-7-12(2)17(13(3)8-11)14-9-28-19(21-14)22-16(26)10-29-20-23-18(24-25-20)15-5-4-6-27-15/h4-9H,10H2,1-3H3,(H,21,22,26)(H,23,24,25). The highest BCUT2D eigenvalue weighted by Gasteiger charge is 2.14.